The molecule has 0 amide bonds. The lowest BCUT2D eigenvalue weighted by Gasteiger charge is -2.12. The fourth-order valence-corrected chi connectivity index (χ4v) is 5.40. The smallest absolute Gasteiger partial charge is 0.216 e. The number of ether oxygens (including phenoxy) is 2. The van der Waals surface area contributed by atoms with Gasteiger partial charge in [-0.15, -0.1) is 0 Å². The Bertz CT molecular complexity index is 1810. The second-order valence-corrected chi connectivity index (χ2v) is 12.6. The predicted octanol–water partition coefficient (Wildman–Crippen LogP) is 8.26. The van der Waals surface area contributed by atoms with Crippen molar-refractivity contribution in [2.75, 3.05) is 13.2 Å². The fraction of sp³-hybridized carbons (Fsp3) is 0.211. The third-order valence-electron chi connectivity index (χ3n) is 7.72. The van der Waals surface area contributed by atoms with Crippen molar-refractivity contribution >= 4 is 11.8 Å². The molecule has 0 spiro atoms. The van der Waals surface area contributed by atoms with Crippen LogP contribution >= 0.6 is 0 Å². The molecule has 0 atom stereocenters. The lowest BCUT2D eigenvalue weighted by Crippen LogP contribution is -2.17. The van der Waals surface area contributed by atoms with Crippen LogP contribution in [0.15, 0.2) is 119 Å². The fourth-order valence-electron chi connectivity index (χ4n) is 5.40. The summed E-state index contributed by atoms with van der Waals surface area (Å²) < 4.78 is 11.9. The van der Waals surface area contributed by atoms with E-state index in [9.17, 15) is 0 Å². The molecular formula is C38H34N4O2. The summed E-state index contributed by atoms with van der Waals surface area (Å²) in [7, 11) is 0. The minimum absolute atomic E-state index is 0.236. The Morgan fingerprint density at radius 2 is 0.886 bits per heavy atom. The first kappa shape index (κ1) is 27.7. The van der Waals surface area contributed by atoms with Gasteiger partial charge in [0.15, 0.2) is 5.82 Å². The van der Waals surface area contributed by atoms with Crippen LogP contribution < -0.4 is 0 Å². The van der Waals surface area contributed by atoms with E-state index in [0.29, 0.717) is 30.8 Å². The molecule has 6 heteroatoms. The van der Waals surface area contributed by atoms with E-state index in [2.05, 4.69) is 100 Å². The van der Waals surface area contributed by atoms with E-state index in [1.54, 1.807) is 0 Å². The van der Waals surface area contributed by atoms with Crippen LogP contribution in [-0.4, -0.2) is 46.1 Å². The molecule has 0 fully saturated rings. The molecule has 0 unspecified atom stereocenters. The highest BCUT2D eigenvalue weighted by Crippen LogP contribution is 2.31. The molecule has 0 aliphatic carbocycles. The molecule has 0 radical (unpaired) electrons. The van der Waals surface area contributed by atoms with E-state index in [4.69, 9.17) is 29.4 Å². The van der Waals surface area contributed by atoms with Crippen LogP contribution in [0.1, 0.15) is 38.8 Å². The van der Waals surface area contributed by atoms with Gasteiger partial charge in [0.1, 0.15) is 13.2 Å². The van der Waals surface area contributed by atoms with E-state index < -0.39 is 0 Å². The molecule has 0 saturated carbocycles. The maximum absolute atomic E-state index is 5.95. The van der Waals surface area contributed by atoms with E-state index in [1.807, 2.05) is 36.4 Å². The molecule has 3 heterocycles. The maximum Gasteiger partial charge on any atom is 0.216 e. The number of rotatable bonds is 6. The van der Waals surface area contributed by atoms with Crippen LogP contribution in [-0.2, 0) is 9.47 Å². The predicted molar refractivity (Wildman–Crippen MR) is 177 cm³/mol. The summed E-state index contributed by atoms with van der Waals surface area (Å²) in [6.07, 6.45) is 0. The first-order valence-electron chi connectivity index (χ1n) is 14.9. The number of aromatic nitrogens is 2. The van der Waals surface area contributed by atoms with Gasteiger partial charge >= 0.3 is 0 Å². The van der Waals surface area contributed by atoms with Gasteiger partial charge in [-0.05, 0) is 69.2 Å². The van der Waals surface area contributed by atoms with Crippen molar-refractivity contribution < 1.29 is 9.47 Å². The second kappa shape index (κ2) is 10.9. The van der Waals surface area contributed by atoms with Crippen molar-refractivity contribution in [3.63, 3.8) is 0 Å². The summed E-state index contributed by atoms with van der Waals surface area (Å²) in [5.74, 6) is 1.98. The highest BCUT2D eigenvalue weighted by Gasteiger charge is 2.28. The SMILES string of the molecule is CC1(C)COC(c2cccc(-c3cc(-c4cccc(C5=NC(C)(C)CO5)c4)nc(-c4ccc(-c5ccccc5)cc4)n3)c2)=N1. The van der Waals surface area contributed by atoms with Crippen molar-refractivity contribution in [2.24, 2.45) is 9.98 Å². The van der Waals surface area contributed by atoms with Gasteiger partial charge in [-0.2, -0.15) is 0 Å². The van der Waals surface area contributed by atoms with Gasteiger partial charge in [0.2, 0.25) is 11.8 Å². The van der Waals surface area contributed by atoms with Crippen LogP contribution in [0.4, 0.5) is 0 Å². The van der Waals surface area contributed by atoms with Crippen LogP contribution in [0.2, 0.25) is 0 Å². The number of aliphatic imine (C=N–C) groups is 2. The van der Waals surface area contributed by atoms with E-state index in [1.165, 1.54) is 5.56 Å². The molecule has 44 heavy (non-hydrogen) atoms. The summed E-state index contributed by atoms with van der Waals surface area (Å²) in [6.45, 7) is 9.44. The standard InChI is InChI=1S/C38H34N4O2/c1-37(2)23-43-35(41-37)30-14-8-12-28(20-30)32-22-33(29-13-9-15-31(21-29)36-42-38(3,4)24-44-36)40-34(39-32)27-18-16-26(17-19-27)25-10-6-5-7-11-25/h5-22H,23-24H2,1-4H3. The number of hydrogen-bond donors (Lipinski definition) is 0. The molecule has 6 nitrogen and oxygen atoms in total. The normalized spacial score (nSPS) is 16.5. The summed E-state index contributed by atoms with van der Waals surface area (Å²) in [4.78, 5) is 19.7. The lowest BCUT2D eigenvalue weighted by molar-refractivity contribution is 0.279. The second-order valence-electron chi connectivity index (χ2n) is 12.6. The monoisotopic (exact) mass is 578 g/mol. The van der Waals surface area contributed by atoms with Gasteiger partial charge in [0.25, 0.3) is 0 Å². The highest BCUT2D eigenvalue weighted by atomic mass is 16.5. The van der Waals surface area contributed by atoms with Gasteiger partial charge in [0.05, 0.1) is 22.5 Å². The van der Waals surface area contributed by atoms with Crippen molar-refractivity contribution in [3.05, 3.63) is 120 Å². The summed E-state index contributed by atoms with van der Waals surface area (Å²) in [5, 5.41) is 0. The van der Waals surface area contributed by atoms with Gasteiger partial charge in [-0.1, -0.05) is 78.9 Å². The van der Waals surface area contributed by atoms with Gasteiger partial charge in [-0.25, -0.2) is 20.0 Å². The Balaban J connectivity index is 1.32. The first-order valence-corrected chi connectivity index (χ1v) is 14.9. The minimum Gasteiger partial charge on any atom is -0.475 e. The largest absolute Gasteiger partial charge is 0.475 e. The quantitative estimate of drug-likeness (QED) is 0.203. The molecule has 1 aromatic heterocycles. The zero-order chi connectivity index (χ0) is 30.3. The third kappa shape index (κ3) is 5.76. The minimum atomic E-state index is -0.236. The summed E-state index contributed by atoms with van der Waals surface area (Å²) >= 11 is 0. The van der Waals surface area contributed by atoms with E-state index in [-0.39, 0.29) is 11.1 Å². The summed E-state index contributed by atoms with van der Waals surface area (Å²) in [5.41, 5.74) is 8.21. The lowest BCUT2D eigenvalue weighted by atomic mass is 10.0. The topological polar surface area (TPSA) is 69.0 Å². The van der Waals surface area contributed by atoms with Crippen molar-refractivity contribution in [3.8, 4) is 45.0 Å². The number of benzene rings is 4. The molecule has 2 aliphatic heterocycles. The Hall–Kier alpha value is -5.10. The van der Waals surface area contributed by atoms with Crippen molar-refractivity contribution in [2.45, 2.75) is 38.8 Å². The number of nitrogens with zero attached hydrogens (tertiary/aromatic N) is 4. The van der Waals surface area contributed by atoms with Crippen molar-refractivity contribution in [1.82, 2.24) is 9.97 Å². The average Bonchev–Trinajstić information content (AvgIpc) is 3.62. The average molecular weight is 579 g/mol. The molecule has 7 rings (SSSR count). The molecular weight excluding hydrogens is 544 g/mol. The molecule has 5 aromatic rings. The van der Waals surface area contributed by atoms with Gasteiger partial charge < -0.3 is 9.47 Å². The van der Waals surface area contributed by atoms with Gasteiger partial charge in [-0.3, -0.25) is 0 Å². The molecule has 4 aromatic carbocycles. The zero-order valence-electron chi connectivity index (χ0n) is 25.4. The molecule has 0 N–H and O–H groups in total. The van der Waals surface area contributed by atoms with Crippen molar-refractivity contribution in [1.29, 1.82) is 0 Å². The van der Waals surface area contributed by atoms with Gasteiger partial charge in [0, 0.05) is 27.8 Å². The molecule has 0 saturated heterocycles. The van der Waals surface area contributed by atoms with E-state index in [0.717, 1.165) is 44.8 Å². The third-order valence-corrected chi connectivity index (χ3v) is 7.72. The Kier molecular flexibility index (Phi) is 6.85. The Labute approximate surface area is 258 Å². The van der Waals surface area contributed by atoms with Crippen LogP contribution in [0, 0.1) is 0 Å². The highest BCUT2D eigenvalue weighted by molar-refractivity contribution is 5.97. The number of hydrogen-bond acceptors (Lipinski definition) is 6. The molecule has 0 bridgehead atoms. The Morgan fingerprint density at radius 1 is 0.455 bits per heavy atom. The summed E-state index contributed by atoms with van der Waals surface area (Å²) in [6, 6.07) is 37.3. The maximum atomic E-state index is 5.95. The zero-order valence-corrected chi connectivity index (χ0v) is 25.4. The van der Waals surface area contributed by atoms with Crippen LogP contribution in [0.3, 0.4) is 0 Å². The first-order chi connectivity index (χ1) is 21.2. The van der Waals surface area contributed by atoms with E-state index >= 15 is 0 Å². The Morgan fingerprint density at radius 3 is 1.36 bits per heavy atom. The van der Waals surface area contributed by atoms with Crippen LogP contribution in [0.5, 0.6) is 0 Å². The molecule has 2 aliphatic rings. The molecule has 218 valence electrons. The van der Waals surface area contributed by atoms with Crippen LogP contribution in [0.25, 0.3) is 45.0 Å².